The van der Waals surface area contributed by atoms with Gasteiger partial charge >= 0.3 is 18.2 Å². The van der Waals surface area contributed by atoms with Crippen molar-refractivity contribution in [1.82, 2.24) is 36.0 Å². The average Bonchev–Trinajstić information content (AvgIpc) is 3.89. The number of hydrogen-bond acceptors (Lipinski definition) is 15. The number of aliphatic hydroxyl groups excluding tert-OH is 2. The molecule has 22 heteroatoms. The molecule has 1 fully saturated rings. The number of benzene rings is 1. The largest absolute Gasteiger partial charge is 0.444 e. The molecule has 0 aliphatic carbocycles. The molecule has 2 rings (SSSR count). The summed E-state index contributed by atoms with van der Waals surface area (Å²) in [4.78, 5) is 112. The number of esters is 1. The third-order valence-corrected chi connectivity index (χ3v) is 14.5. The van der Waals surface area contributed by atoms with Gasteiger partial charge in [-0.3, -0.25) is 33.7 Å². The van der Waals surface area contributed by atoms with Gasteiger partial charge in [0.05, 0.1) is 24.9 Å². The van der Waals surface area contributed by atoms with Crippen LogP contribution in [0.1, 0.15) is 134 Å². The number of amides is 7. The molecule has 78 heavy (non-hydrogen) atoms. The van der Waals surface area contributed by atoms with Crippen molar-refractivity contribution in [3.63, 3.8) is 0 Å². The van der Waals surface area contributed by atoms with Crippen LogP contribution in [0, 0.1) is 41.4 Å². The summed E-state index contributed by atoms with van der Waals surface area (Å²) in [5, 5.41) is 30.9. The van der Waals surface area contributed by atoms with Crippen LogP contribution in [0.15, 0.2) is 30.3 Å². The summed E-state index contributed by atoms with van der Waals surface area (Å²) >= 11 is 0. The van der Waals surface area contributed by atoms with E-state index in [-0.39, 0.29) is 80.0 Å². The van der Waals surface area contributed by atoms with Gasteiger partial charge in [0.2, 0.25) is 29.5 Å². The van der Waals surface area contributed by atoms with Crippen LogP contribution in [-0.2, 0) is 52.5 Å². The number of nitrogens with zero attached hydrogens (tertiary/aromatic N) is 3. The van der Waals surface area contributed by atoms with E-state index in [1.165, 1.54) is 14.2 Å². The molecule has 1 aromatic rings. The van der Waals surface area contributed by atoms with E-state index in [9.17, 15) is 48.6 Å². The Hall–Kier alpha value is -5.58. The Morgan fingerprint density at radius 3 is 1.99 bits per heavy atom. The number of rotatable bonds is 32. The Kier molecular flexibility index (Phi) is 29.7. The average molecular weight is 1110 g/mol. The maximum absolute atomic E-state index is 14.5. The van der Waals surface area contributed by atoms with Crippen molar-refractivity contribution in [2.24, 2.45) is 41.4 Å². The van der Waals surface area contributed by atoms with Gasteiger partial charge in [0.25, 0.3) is 6.29 Å². The maximum atomic E-state index is 14.5. The number of methoxy groups -OCH3 is 1. The van der Waals surface area contributed by atoms with Gasteiger partial charge in [0, 0.05) is 71.1 Å². The minimum absolute atomic E-state index is 0.0684. The predicted octanol–water partition coefficient (Wildman–Crippen LogP) is 4.75. The van der Waals surface area contributed by atoms with E-state index in [4.69, 9.17) is 23.7 Å². The first-order valence-electron chi connectivity index (χ1n) is 27.6. The summed E-state index contributed by atoms with van der Waals surface area (Å²) in [6.07, 6.45) is -3.54. The van der Waals surface area contributed by atoms with Crippen LogP contribution in [-0.4, -0.2) is 176 Å². The SMILES string of the molecule is CCC(CO)OC(COC(=O)NCCC(=O)NCC(=O)OC(OC(=O)N(C)[C@H](C(=O)N[C@H](C(=O)N(C)C(C(C)C)[C@H](C)CC(=O)N1CCC[C@H]1[C@H](C)[C@@H](C)C(=O)N[C@H](C)[C@@H](O)c1ccccc1)C(C)C)C(C)C)C(C)C)OC. The number of carbonyl (C=O) groups is 8. The molecule has 1 aliphatic heterocycles. The normalized spacial score (nSPS) is 17.8. The van der Waals surface area contributed by atoms with Crippen LogP contribution in [0.5, 0.6) is 0 Å². The number of alkyl carbamates (subject to hydrolysis) is 1. The van der Waals surface area contributed by atoms with Crippen molar-refractivity contribution in [2.75, 3.05) is 54.1 Å². The Morgan fingerprint density at radius 1 is 0.795 bits per heavy atom. The lowest BCUT2D eigenvalue weighted by Gasteiger charge is -2.40. The lowest BCUT2D eigenvalue weighted by Crippen LogP contribution is -2.59. The fourth-order valence-electron chi connectivity index (χ4n) is 9.78. The summed E-state index contributed by atoms with van der Waals surface area (Å²) in [5.74, 6) is -5.21. The number of likely N-dealkylation sites (N-methyl/N-ethyl adjacent to an activating group) is 2. The molecule has 444 valence electrons. The molecule has 4 unspecified atom stereocenters. The minimum Gasteiger partial charge on any atom is -0.444 e. The second-order valence-corrected chi connectivity index (χ2v) is 22.0. The number of carbonyl (C=O) groups excluding carboxylic acids is 8. The number of ether oxygens (including phenoxy) is 5. The van der Waals surface area contributed by atoms with E-state index in [2.05, 4.69) is 21.3 Å². The molecule has 1 aromatic carbocycles. The zero-order chi connectivity index (χ0) is 59.1. The zero-order valence-corrected chi connectivity index (χ0v) is 49.2. The van der Waals surface area contributed by atoms with E-state index in [1.807, 2.05) is 76.8 Å². The van der Waals surface area contributed by atoms with Gasteiger partial charge in [-0.2, -0.15) is 0 Å². The fraction of sp³-hybridized carbons (Fsp3) is 0.750. The molecule has 22 nitrogen and oxygen atoms in total. The number of aliphatic hydroxyl groups is 2. The highest BCUT2D eigenvalue weighted by Gasteiger charge is 2.42. The van der Waals surface area contributed by atoms with Crippen molar-refractivity contribution in [1.29, 1.82) is 0 Å². The molecule has 0 spiro atoms. The molecular formula is C56H95N7O15. The van der Waals surface area contributed by atoms with Gasteiger partial charge in [-0.1, -0.05) is 113 Å². The topological polar surface area (TPSA) is 281 Å². The van der Waals surface area contributed by atoms with Crippen LogP contribution < -0.4 is 21.3 Å². The Labute approximate surface area is 463 Å². The molecule has 0 aromatic heterocycles. The molecule has 1 saturated heterocycles. The zero-order valence-electron chi connectivity index (χ0n) is 49.2. The molecule has 7 amide bonds. The van der Waals surface area contributed by atoms with Gasteiger partial charge in [-0.05, 0) is 61.3 Å². The van der Waals surface area contributed by atoms with Crippen LogP contribution in [0.25, 0.3) is 0 Å². The highest BCUT2D eigenvalue weighted by Crippen LogP contribution is 2.32. The molecule has 0 radical (unpaired) electrons. The molecule has 6 N–H and O–H groups in total. The molecule has 1 aliphatic rings. The van der Waals surface area contributed by atoms with E-state index in [0.29, 0.717) is 18.5 Å². The van der Waals surface area contributed by atoms with Crippen LogP contribution in [0.3, 0.4) is 0 Å². The summed E-state index contributed by atoms with van der Waals surface area (Å²) in [6.45, 7) is 23.0. The third kappa shape index (κ3) is 21.2. The molecule has 1 heterocycles. The number of hydrogen-bond donors (Lipinski definition) is 6. The smallest absolute Gasteiger partial charge is 0.413 e. The Morgan fingerprint density at radius 2 is 1.44 bits per heavy atom. The van der Waals surface area contributed by atoms with Gasteiger partial charge in [-0.15, -0.1) is 0 Å². The molecule has 12 atom stereocenters. The second-order valence-electron chi connectivity index (χ2n) is 22.0. The number of likely N-dealkylation sites (tertiary alicyclic amines) is 1. The second kappa shape index (κ2) is 33.8. The highest BCUT2D eigenvalue weighted by molar-refractivity contribution is 5.92. The highest BCUT2D eigenvalue weighted by atomic mass is 16.7. The van der Waals surface area contributed by atoms with E-state index < -0.39 is 103 Å². The predicted molar refractivity (Wildman–Crippen MR) is 292 cm³/mol. The van der Waals surface area contributed by atoms with Crippen LogP contribution in [0.2, 0.25) is 0 Å². The summed E-state index contributed by atoms with van der Waals surface area (Å²) < 4.78 is 26.7. The van der Waals surface area contributed by atoms with E-state index in [1.54, 1.807) is 60.4 Å². The molecule has 0 bridgehead atoms. The molecular weight excluding hydrogens is 1010 g/mol. The Balaban J connectivity index is 2.04. The van der Waals surface area contributed by atoms with Crippen molar-refractivity contribution in [3.8, 4) is 0 Å². The van der Waals surface area contributed by atoms with Gasteiger partial charge in [-0.25, -0.2) is 9.59 Å². The van der Waals surface area contributed by atoms with Crippen LogP contribution in [0.4, 0.5) is 9.59 Å². The van der Waals surface area contributed by atoms with E-state index in [0.717, 1.165) is 17.7 Å². The number of nitrogens with one attached hydrogen (secondary N) is 4. The first-order chi connectivity index (χ1) is 36.6. The standard InChI is InChI=1S/C56H95N7O15/c1-17-41(30-64)76-46(74-16)31-75-55(72)57-26-25-43(65)58-29-45(67)77-54(35(8)9)78-56(73)62(15)49(34(6)7)52(70)60-47(32(2)3)53(71)61(14)48(33(4)5)36(10)28-44(66)63-27-21-24-42(63)37(11)38(12)51(69)59-39(13)50(68)40-22-19-18-20-23-40/h18-20,22-23,32-39,41-42,46-50,54,64,68H,17,21,24-31H2,1-16H3,(H,57,72)(H,58,65)(H,59,69)(H,60,70)/t36-,37-,38-,39-,41?,42+,46?,47+,48?,49+,50-,54?/m1/s1. The third-order valence-electron chi connectivity index (χ3n) is 14.5. The summed E-state index contributed by atoms with van der Waals surface area (Å²) in [6, 6.07) is 5.88. The lowest BCUT2D eigenvalue weighted by molar-refractivity contribution is -0.181. The van der Waals surface area contributed by atoms with Gasteiger partial charge < -0.3 is 65.0 Å². The fourth-order valence-corrected chi connectivity index (χ4v) is 9.78. The first kappa shape index (κ1) is 68.5. The van der Waals surface area contributed by atoms with E-state index >= 15 is 0 Å². The first-order valence-corrected chi connectivity index (χ1v) is 27.6. The van der Waals surface area contributed by atoms with Crippen molar-refractivity contribution in [2.45, 2.75) is 177 Å². The van der Waals surface area contributed by atoms with Crippen LogP contribution >= 0.6 is 0 Å². The minimum atomic E-state index is -1.41. The lowest BCUT2D eigenvalue weighted by atomic mass is 9.85. The van der Waals surface area contributed by atoms with Crippen molar-refractivity contribution >= 4 is 47.7 Å². The monoisotopic (exact) mass is 1110 g/mol. The summed E-state index contributed by atoms with van der Waals surface area (Å²) in [7, 11) is 4.40. The van der Waals surface area contributed by atoms with Crippen molar-refractivity contribution in [3.05, 3.63) is 35.9 Å². The molecule has 0 saturated carbocycles. The maximum Gasteiger partial charge on any atom is 0.413 e. The van der Waals surface area contributed by atoms with Gasteiger partial charge in [0.15, 0.2) is 6.29 Å². The quantitative estimate of drug-likeness (QED) is 0.0420. The van der Waals surface area contributed by atoms with Crippen molar-refractivity contribution < 1.29 is 72.3 Å². The van der Waals surface area contributed by atoms with Gasteiger partial charge in [0.1, 0.15) is 25.2 Å². The Bertz CT molecular complexity index is 2060. The summed E-state index contributed by atoms with van der Waals surface area (Å²) in [5.41, 5.74) is 0.704.